The molecule has 1 fully saturated rings. The average molecular weight is 338 g/mol. The molecule has 2 aromatic rings. The molecule has 0 atom stereocenters. The van der Waals surface area contributed by atoms with Crippen molar-refractivity contribution in [2.75, 3.05) is 12.0 Å². The zero-order valence-electron chi connectivity index (χ0n) is 12.9. The van der Waals surface area contributed by atoms with Gasteiger partial charge in [-0.15, -0.1) is 0 Å². The minimum Gasteiger partial charge on any atom is -0.497 e. The third-order valence-electron chi connectivity index (χ3n) is 3.54. The fourth-order valence-electron chi connectivity index (χ4n) is 2.34. The number of thiocarbonyl (C=S) groups is 1. The summed E-state index contributed by atoms with van der Waals surface area (Å²) in [7, 11) is 1.56. The van der Waals surface area contributed by atoms with Gasteiger partial charge in [-0.05, 0) is 48.1 Å². The van der Waals surface area contributed by atoms with Crippen molar-refractivity contribution in [2.45, 2.75) is 0 Å². The van der Waals surface area contributed by atoms with Gasteiger partial charge in [-0.2, -0.15) is 0 Å². The first-order chi connectivity index (χ1) is 11.6. The normalized spacial score (nSPS) is 16.3. The van der Waals surface area contributed by atoms with E-state index in [2.05, 4.69) is 5.32 Å². The van der Waals surface area contributed by atoms with Crippen molar-refractivity contribution in [3.8, 4) is 5.75 Å². The van der Waals surface area contributed by atoms with Gasteiger partial charge in [-0.1, -0.05) is 30.3 Å². The van der Waals surface area contributed by atoms with Gasteiger partial charge in [0.15, 0.2) is 5.11 Å². The van der Waals surface area contributed by atoms with Crippen molar-refractivity contribution < 1.29 is 14.3 Å². The molecule has 24 heavy (non-hydrogen) atoms. The lowest BCUT2D eigenvalue weighted by Gasteiger charge is -2.29. The summed E-state index contributed by atoms with van der Waals surface area (Å²) in [5, 5.41) is 2.61. The van der Waals surface area contributed by atoms with Crippen LogP contribution in [0.3, 0.4) is 0 Å². The first kappa shape index (κ1) is 15.9. The summed E-state index contributed by atoms with van der Waals surface area (Å²) < 4.78 is 5.11. The van der Waals surface area contributed by atoms with E-state index in [9.17, 15) is 9.59 Å². The molecule has 0 radical (unpaired) electrons. The second kappa shape index (κ2) is 6.64. The smallest absolute Gasteiger partial charge is 0.270 e. The topological polar surface area (TPSA) is 58.6 Å². The average Bonchev–Trinajstić information content (AvgIpc) is 2.60. The number of amides is 2. The zero-order chi connectivity index (χ0) is 17.1. The molecule has 1 N–H and O–H groups in total. The molecular weight excluding hydrogens is 324 g/mol. The molecule has 2 aromatic carbocycles. The Labute approximate surface area is 144 Å². The van der Waals surface area contributed by atoms with Crippen LogP contribution in [-0.2, 0) is 9.59 Å². The maximum atomic E-state index is 12.8. The van der Waals surface area contributed by atoms with Gasteiger partial charge < -0.3 is 4.74 Å². The molecule has 0 aliphatic carbocycles. The van der Waals surface area contributed by atoms with E-state index in [1.807, 2.05) is 30.3 Å². The van der Waals surface area contributed by atoms with Crippen molar-refractivity contribution in [1.29, 1.82) is 0 Å². The fourth-order valence-corrected chi connectivity index (χ4v) is 2.62. The maximum absolute atomic E-state index is 12.8. The first-order valence-corrected chi connectivity index (χ1v) is 7.61. The van der Waals surface area contributed by atoms with Crippen LogP contribution in [0.25, 0.3) is 6.08 Å². The number of carbonyl (C=O) groups is 2. The third-order valence-corrected chi connectivity index (χ3v) is 3.83. The van der Waals surface area contributed by atoms with E-state index in [0.717, 1.165) is 5.56 Å². The molecule has 1 saturated heterocycles. The van der Waals surface area contributed by atoms with Gasteiger partial charge in [-0.25, -0.2) is 0 Å². The molecule has 2 amide bonds. The van der Waals surface area contributed by atoms with Gasteiger partial charge in [0, 0.05) is 0 Å². The van der Waals surface area contributed by atoms with E-state index in [-0.39, 0.29) is 10.7 Å². The van der Waals surface area contributed by atoms with Crippen molar-refractivity contribution in [3.63, 3.8) is 0 Å². The van der Waals surface area contributed by atoms with Crippen molar-refractivity contribution in [1.82, 2.24) is 5.32 Å². The molecule has 1 aliphatic heterocycles. The first-order valence-electron chi connectivity index (χ1n) is 7.20. The highest BCUT2D eigenvalue weighted by Crippen LogP contribution is 2.24. The summed E-state index contributed by atoms with van der Waals surface area (Å²) in [6.07, 6.45) is 1.55. The second-order valence-electron chi connectivity index (χ2n) is 5.07. The molecule has 3 rings (SSSR count). The zero-order valence-corrected chi connectivity index (χ0v) is 13.7. The number of hydrogen-bond donors (Lipinski definition) is 1. The summed E-state index contributed by atoms with van der Waals surface area (Å²) in [5.41, 5.74) is 1.36. The number of nitrogens with zero attached hydrogens (tertiary/aromatic N) is 1. The fraction of sp³-hybridized carbons (Fsp3) is 0.0556. The number of nitrogens with one attached hydrogen (secondary N) is 1. The van der Waals surface area contributed by atoms with Gasteiger partial charge in [0.2, 0.25) is 0 Å². The Balaban J connectivity index is 1.98. The van der Waals surface area contributed by atoms with Gasteiger partial charge in [0.25, 0.3) is 11.8 Å². The molecule has 0 unspecified atom stereocenters. The van der Waals surface area contributed by atoms with Crippen molar-refractivity contribution in [2.24, 2.45) is 0 Å². The van der Waals surface area contributed by atoms with Gasteiger partial charge in [-0.3, -0.25) is 19.8 Å². The van der Waals surface area contributed by atoms with E-state index < -0.39 is 11.8 Å². The highest BCUT2D eigenvalue weighted by molar-refractivity contribution is 7.80. The Kier molecular flexibility index (Phi) is 4.39. The molecule has 5 nitrogen and oxygen atoms in total. The summed E-state index contributed by atoms with van der Waals surface area (Å²) >= 11 is 5.16. The van der Waals surface area contributed by atoms with Crippen LogP contribution in [0.2, 0.25) is 0 Å². The summed E-state index contributed by atoms with van der Waals surface area (Å²) in [6, 6.07) is 16.0. The quantitative estimate of drug-likeness (QED) is 0.531. The van der Waals surface area contributed by atoms with E-state index >= 15 is 0 Å². The Morgan fingerprint density at radius 3 is 2.33 bits per heavy atom. The van der Waals surface area contributed by atoms with Crippen LogP contribution < -0.4 is 15.0 Å². The predicted octanol–water partition coefficient (Wildman–Crippen LogP) is 2.53. The van der Waals surface area contributed by atoms with E-state index in [1.165, 1.54) is 4.90 Å². The van der Waals surface area contributed by atoms with Gasteiger partial charge >= 0.3 is 0 Å². The lowest BCUT2D eigenvalue weighted by Crippen LogP contribution is -2.54. The Bertz CT molecular complexity index is 829. The number of hydrogen-bond acceptors (Lipinski definition) is 4. The molecule has 1 heterocycles. The monoisotopic (exact) mass is 338 g/mol. The van der Waals surface area contributed by atoms with Crippen LogP contribution in [0.1, 0.15) is 5.56 Å². The standard InChI is InChI=1S/C18H14N2O3S/c1-23-14-9-7-13(8-10-14)20-17(22)15(16(21)19-18(20)24)11-12-5-3-2-4-6-12/h2-11H,1H3,(H,19,21,24)/b15-11-. The summed E-state index contributed by atoms with van der Waals surface area (Å²) in [4.78, 5) is 26.2. The van der Waals surface area contributed by atoms with Crippen LogP contribution in [0, 0.1) is 0 Å². The highest BCUT2D eigenvalue weighted by atomic mass is 32.1. The third kappa shape index (κ3) is 3.04. The number of anilines is 1. The lowest BCUT2D eigenvalue weighted by atomic mass is 10.1. The van der Waals surface area contributed by atoms with Gasteiger partial charge in [0.1, 0.15) is 11.3 Å². The second-order valence-corrected chi connectivity index (χ2v) is 5.45. The number of benzene rings is 2. The molecule has 120 valence electrons. The Hall–Kier alpha value is -2.99. The summed E-state index contributed by atoms with van der Waals surface area (Å²) in [5.74, 6) is -0.297. The maximum Gasteiger partial charge on any atom is 0.270 e. The van der Waals surface area contributed by atoms with Crippen LogP contribution >= 0.6 is 12.2 Å². The SMILES string of the molecule is COc1ccc(N2C(=O)/C(=C\c3ccccc3)C(=O)NC2=S)cc1. The molecule has 0 aromatic heterocycles. The highest BCUT2D eigenvalue weighted by Gasteiger charge is 2.34. The predicted molar refractivity (Wildman–Crippen MR) is 95.6 cm³/mol. The lowest BCUT2D eigenvalue weighted by molar-refractivity contribution is -0.122. The molecule has 0 bridgehead atoms. The Morgan fingerprint density at radius 1 is 1.04 bits per heavy atom. The molecule has 1 aliphatic rings. The number of ether oxygens (including phenoxy) is 1. The largest absolute Gasteiger partial charge is 0.497 e. The Morgan fingerprint density at radius 2 is 1.71 bits per heavy atom. The van der Waals surface area contributed by atoms with E-state index in [0.29, 0.717) is 11.4 Å². The minimum atomic E-state index is -0.501. The van der Waals surface area contributed by atoms with Crippen molar-refractivity contribution in [3.05, 3.63) is 65.7 Å². The summed E-state index contributed by atoms with van der Waals surface area (Å²) in [6.45, 7) is 0. The van der Waals surface area contributed by atoms with Gasteiger partial charge in [0.05, 0.1) is 12.8 Å². The van der Waals surface area contributed by atoms with E-state index in [1.54, 1.807) is 37.5 Å². The van der Waals surface area contributed by atoms with Crippen LogP contribution in [0.15, 0.2) is 60.2 Å². The molecular formula is C18H14N2O3S. The van der Waals surface area contributed by atoms with E-state index in [4.69, 9.17) is 17.0 Å². The molecule has 0 saturated carbocycles. The molecule has 0 spiro atoms. The number of carbonyl (C=O) groups excluding carboxylic acids is 2. The van der Waals surface area contributed by atoms with Crippen molar-refractivity contribution >= 4 is 40.9 Å². The number of rotatable bonds is 3. The van der Waals surface area contributed by atoms with Crippen LogP contribution in [-0.4, -0.2) is 24.0 Å². The van der Waals surface area contributed by atoms with Crippen LogP contribution in [0.5, 0.6) is 5.75 Å². The molecule has 6 heteroatoms. The minimum absolute atomic E-state index is 0.0330. The van der Waals surface area contributed by atoms with Crippen LogP contribution in [0.4, 0.5) is 5.69 Å². The number of methoxy groups -OCH3 is 1.